The highest BCUT2D eigenvalue weighted by Gasteiger charge is 2.19. The highest BCUT2D eigenvalue weighted by atomic mass is 16.5. The lowest BCUT2D eigenvalue weighted by molar-refractivity contribution is 0.365. The second-order valence-electron chi connectivity index (χ2n) is 5.59. The smallest absolute Gasteiger partial charge is 0.137 e. The molecular formula is C16H26N2O. The fourth-order valence-corrected chi connectivity index (χ4v) is 3.09. The lowest BCUT2D eigenvalue weighted by Crippen LogP contribution is -2.20. The number of hydrogen-bond acceptors (Lipinski definition) is 3. The number of nitrogens with one attached hydrogen (secondary N) is 1. The molecule has 0 amide bonds. The molecule has 0 aromatic carbocycles. The molecule has 1 aromatic heterocycles. The first kappa shape index (κ1) is 14.3. The molecule has 1 heterocycles. The SMILES string of the molecule is CNC(CC1CCCCCC1)c1cncc(OC)c1. The van der Waals surface area contributed by atoms with Crippen molar-refractivity contribution in [2.75, 3.05) is 14.2 Å². The van der Waals surface area contributed by atoms with Crippen LogP contribution in [0.15, 0.2) is 18.5 Å². The van der Waals surface area contributed by atoms with Gasteiger partial charge in [-0.05, 0) is 31.0 Å². The van der Waals surface area contributed by atoms with E-state index in [1.54, 1.807) is 13.3 Å². The molecule has 2 rings (SSSR count). The summed E-state index contributed by atoms with van der Waals surface area (Å²) < 4.78 is 5.27. The molecule has 1 fully saturated rings. The molecule has 1 aromatic rings. The molecule has 1 aliphatic carbocycles. The van der Waals surface area contributed by atoms with Crippen LogP contribution in [0.1, 0.15) is 56.6 Å². The first-order valence-electron chi connectivity index (χ1n) is 7.49. The van der Waals surface area contributed by atoms with Gasteiger partial charge in [-0.25, -0.2) is 0 Å². The zero-order valence-corrected chi connectivity index (χ0v) is 12.2. The van der Waals surface area contributed by atoms with E-state index in [0.717, 1.165) is 11.7 Å². The molecular weight excluding hydrogens is 236 g/mol. The molecule has 1 atom stereocenters. The first-order valence-corrected chi connectivity index (χ1v) is 7.49. The summed E-state index contributed by atoms with van der Waals surface area (Å²) >= 11 is 0. The van der Waals surface area contributed by atoms with Crippen LogP contribution >= 0.6 is 0 Å². The average molecular weight is 262 g/mol. The molecule has 1 N–H and O–H groups in total. The summed E-state index contributed by atoms with van der Waals surface area (Å²) in [4.78, 5) is 4.27. The summed E-state index contributed by atoms with van der Waals surface area (Å²) in [5, 5.41) is 3.44. The van der Waals surface area contributed by atoms with Crippen molar-refractivity contribution in [3.63, 3.8) is 0 Å². The molecule has 0 aliphatic heterocycles. The second kappa shape index (κ2) is 7.49. The maximum Gasteiger partial charge on any atom is 0.137 e. The van der Waals surface area contributed by atoms with E-state index in [0.29, 0.717) is 6.04 Å². The van der Waals surface area contributed by atoms with Gasteiger partial charge in [0.2, 0.25) is 0 Å². The van der Waals surface area contributed by atoms with E-state index in [2.05, 4.69) is 16.4 Å². The number of hydrogen-bond donors (Lipinski definition) is 1. The second-order valence-corrected chi connectivity index (χ2v) is 5.59. The number of methoxy groups -OCH3 is 1. The minimum Gasteiger partial charge on any atom is -0.495 e. The summed E-state index contributed by atoms with van der Waals surface area (Å²) in [6.45, 7) is 0. The Morgan fingerprint density at radius 3 is 2.63 bits per heavy atom. The number of pyridine rings is 1. The van der Waals surface area contributed by atoms with Crippen LogP contribution in [0.5, 0.6) is 5.75 Å². The number of ether oxygens (including phenoxy) is 1. The Bertz CT molecular complexity index is 373. The van der Waals surface area contributed by atoms with Crippen LogP contribution in [-0.4, -0.2) is 19.1 Å². The largest absolute Gasteiger partial charge is 0.495 e. The van der Waals surface area contributed by atoms with Gasteiger partial charge in [-0.15, -0.1) is 0 Å². The van der Waals surface area contributed by atoms with Crippen LogP contribution < -0.4 is 10.1 Å². The zero-order valence-electron chi connectivity index (χ0n) is 12.2. The number of rotatable bonds is 5. The predicted molar refractivity (Wildman–Crippen MR) is 78.4 cm³/mol. The van der Waals surface area contributed by atoms with Crippen LogP contribution in [0, 0.1) is 5.92 Å². The minimum atomic E-state index is 0.394. The van der Waals surface area contributed by atoms with Crippen molar-refractivity contribution in [1.29, 1.82) is 0 Å². The normalized spacial score (nSPS) is 18.8. The van der Waals surface area contributed by atoms with Crippen molar-refractivity contribution >= 4 is 0 Å². The molecule has 0 radical (unpaired) electrons. The number of aromatic nitrogens is 1. The molecule has 1 saturated carbocycles. The van der Waals surface area contributed by atoms with Crippen molar-refractivity contribution < 1.29 is 4.74 Å². The van der Waals surface area contributed by atoms with Gasteiger partial charge in [0.1, 0.15) is 5.75 Å². The lowest BCUT2D eigenvalue weighted by Gasteiger charge is -2.22. The van der Waals surface area contributed by atoms with Crippen molar-refractivity contribution in [2.45, 2.75) is 51.0 Å². The zero-order chi connectivity index (χ0) is 13.5. The van der Waals surface area contributed by atoms with Gasteiger partial charge in [-0.2, -0.15) is 0 Å². The van der Waals surface area contributed by atoms with E-state index in [1.165, 1.54) is 50.5 Å². The van der Waals surface area contributed by atoms with Crippen LogP contribution in [0.4, 0.5) is 0 Å². The molecule has 0 bridgehead atoms. The molecule has 0 spiro atoms. The average Bonchev–Trinajstić information content (AvgIpc) is 2.73. The lowest BCUT2D eigenvalue weighted by atomic mass is 9.90. The summed E-state index contributed by atoms with van der Waals surface area (Å²) in [5.41, 5.74) is 1.24. The van der Waals surface area contributed by atoms with E-state index in [4.69, 9.17) is 4.74 Å². The van der Waals surface area contributed by atoms with Gasteiger partial charge < -0.3 is 10.1 Å². The predicted octanol–water partition coefficient (Wildman–Crippen LogP) is 3.71. The van der Waals surface area contributed by atoms with Gasteiger partial charge in [-0.1, -0.05) is 38.5 Å². The Balaban J connectivity index is 2.01. The van der Waals surface area contributed by atoms with Crippen molar-refractivity contribution in [3.05, 3.63) is 24.0 Å². The van der Waals surface area contributed by atoms with E-state index in [9.17, 15) is 0 Å². The van der Waals surface area contributed by atoms with Gasteiger partial charge in [-0.3, -0.25) is 4.98 Å². The van der Waals surface area contributed by atoms with Crippen LogP contribution in [0.3, 0.4) is 0 Å². The Hall–Kier alpha value is -1.09. The molecule has 106 valence electrons. The van der Waals surface area contributed by atoms with Crippen LogP contribution in [0.25, 0.3) is 0 Å². The van der Waals surface area contributed by atoms with E-state index in [-0.39, 0.29) is 0 Å². The van der Waals surface area contributed by atoms with Crippen molar-refractivity contribution in [1.82, 2.24) is 10.3 Å². The molecule has 3 nitrogen and oxygen atoms in total. The maximum atomic E-state index is 5.27. The van der Waals surface area contributed by atoms with E-state index < -0.39 is 0 Å². The topological polar surface area (TPSA) is 34.2 Å². The van der Waals surface area contributed by atoms with E-state index >= 15 is 0 Å². The third-order valence-electron chi connectivity index (χ3n) is 4.26. The Morgan fingerprint density at radius 2 is 2.00 bits per heavy atom. The number of nitrogens with zero attached hydrogens (tertiary/aromatic N) is 1. The van der Waals surface area contributed by atoms with Gasteiger partial charge in [0.05, 0.1) is 13.3 Å². The Labute approximate surface area is 116 Å². The van der Waals surface area contributed by atoms with Gasteiger partial charge >= 0.3 is 0 Å². The summed E-state index contributed by atoms with van der Waals surface area (Å²) in [6.07, 6.45) is 13.3. The van der Waals surface area contributed by atoms with Crippen molar-refractivity contribution in [2.24, 2.45) is 5.92 Å². The third kappa shape index (κ3) is 4.20. The summed E-state index contributed by atoms with van der Waals surface area (Å²) in [7, 11) is 3.74. The molecule has 0 saturated heterocycles. The standard InChI is InChI=1S/C16H26N2O/c1-17-16(9-13-7-5-3-4-6-8-13)14-10-15(19-2)12-18-11-14/h10-13,16-17H,3-9H2,1-2H3. The fourth-order valence-electron chi connectivity index (χ4n) is 3.09. The van der Waals surface area contributed by atoms with Crippen LogP contribution in [0.2, 0.25) is 0 Å². The van der Waals surface area contributed by atoms with Gasteiger partial charge in [0.15, 0.2) is 0 Å². The Morgan fingerprint density at radius 1 is 1.26 bits per heavy atom. The highest BCUT2D eigenvalue weighted by Crippen LogP contribution is 2.31. The first-order chi connectivity index (χ1) is 9.33. The summed E-state index contributed by atoms with van der Waals surface area (Å²) in [5.74, 6) is 1.70. The third-order valence-corrected chi connectivity index (χ3v) is 4.26. The van der Waals surface area contributed by atoms with Gasteiger partial charge in [0.25, 0.3) is 0 Å². The monoisotopic (exact) mass is 262 g/mol. The molecule has 3 heteroatoms. The van der Waals surface area contributed by atoms with Crippen molar-refractivity contribution in [3.8, 4) is 5.75 Å². The quantitative estimate of drug-likeness (QED) is 0.821. The Kier molecular flexibility index (Phi) is 5.64. The maximum absolute atomic E-state index is 5.27. The van der Waals surface area contributed by atoms with E-state index in [1.807, 2.05) is 13.2 Å². The minimum absolute atomic E-state index is 0.394. The molecule has 19 heavy (non-hydrogen) atoms. The fraction of sp³-hybridized carbons (Fsp3) is 0.688. The highest BCUT2D eigenvalue weighted by molar-refractivity contribution is 5.25. The molecule has 1 aliphatic rings. The summed E-state index contributed by atoms with van der Waals surface area (Å²) in [6, 6.07) is 2.50. The molecule has 1 unspecified atom stereocenters. The van der Waals surface area contributed by atoms with Gasteiger partial charge in [0, 0.05) is 12.2 Å². The van der Waals surface area contributed by atoms with Crippen LogP contribution in [-0.2, 0) is 0 Å².